The minimum absolute atomic E-state index is 0.0245. The fourth-order valence-corrected chi connectivity index (χ4v) is 25.4. The van der Waals surface area contributed by atoms with Gasteiger partial charge in [-0.25, -0.2) is 4.39 Å². The molecule has 4 aliphatic rings. The van der Waals surface area contributed by atoms with Crippen LogP contribution in [0.1, 0.15) is 166 Å². The number of aromatic hydroxyl groups is 4. The van der Waals surface area contributed by atoms with E-state index in [1.54, 1.807) is 62.4 Å². The van der Waals surface area contributed by atoms with Gasteiger partial charge in [-0.05, 0) is 325 Å². The van der Waals surface area contributed by atoms with Crippen LogP contribution in [0, 0.1) is 78.0 Å². The van der Waals surface area contributed by atoms with E-state index in [0.29, 0.717) is 62.6 Å². The van der Waals surface area contributed by atoms with E-state index in [9.17, 15) is 44.0 Å². The van der Waals surface area contributed by atoms with Crippen molar-refractivity contribution in [2.75, 3.05) is 105 Å². The number of nitrogens with zero attached hydrogens (tertiary/aromatic N) is 4. The number of ether oxygens (including phenoxy) is 4. The Labute approximate surface area is 848 Å². The molecule has 0 amide bonds. The number of thiophene rings is 4. The van der Waals surface area contributed by atoms with Crippen LogP contribution in [0.2, 0.25) is 0 Å². The molecule has 21 heteroatoms. The van der Waals surface area contributed by atoms with Gasteiger partial charge in [-0.3, -0.25) is 38.8 Å². The molecular formula is C121H125FN4O12S4. The standard InChI is InChI=1S/C31H33NO3S.C30H30FNO3S.2C30H31NO3S/c1-19-11-12-32(18-19)13-14-35-25-8-5-23(6-9-25)29-26-10-7-24(33)17-27(26)36-31(29)30(34)28-21(3)15-20(2)16-22(28)4;1-18-10-11-32(17-18)12-13-35-24-7-4-21(5-8-24)28-25-9-6-23(33)16-26(25)36-30(28)29(34)27-19(2)14-22(31)15-20(27)3;1-19-13-14-31(18-19)15-16-34-24-10-7-22(8-11-24)28-25-12-9-23(32)17-26(25)35-30(28)29(33)27-20(2)5-4-6-21(27)3;1-3-21-6-4-5-7-25(21)29(33)30-28(26-13-10-23(32)18-27(26)35-30)22-8-11-24(12-9-22)34-17-16-31-15-14-20(2)19-31/h5-10,15-17,19,33H,11-14,18H2,1-4H3;4-9,14-16,18,33H,10-13,17H2,1-3H3;4-12,17,19,32H,13-16,18H2,1-3H3;4-13,18,20,32H,3,14-17,19H2,1-2H3/t19-;18-;19-;20-/m1111/s1. The quantitative estimate of drug-likeness (QED) is 0.0323. The van der Waals surface area contributed by atoms with Crippen LogP contribution in [0.5, 0.6) is 46.0 Å². The van der Waals surface area contributed by atoms with Crippen molar-refractivity contribution in [2.24, 2.45) is 23.7 Å². The molecule has 12 aromatic carbocycles. The Balaban J connectivity index is 0.000000130. The molecule has 16 nitrogen and oxygen atoms in total. The van der Waals surface area contributed by atoms with Crippen LogP contribution in [0.4, 0.5) is 4.39 Å². The molecule has 732 valence electrons. The summed E-state index contributed by atoms with van der Waals surface area (Å²) < 4.78 is 41.5. The number of ketones is 4. The maximum atomic E-state index is 13.9. The third-order valence-corrected chi connectivity index (χ3v) is 32.4. The number of rotatable bonds is 29. The molecule has 4 aliphatic heterocycles. The SMILES string of the molecule is CCc1ccccc1C(=O)c1sc2cc(O)ccc2c1-c1ccc(OCCN2CC[C@@H](C)C2)cc1.Cc1cc(C)c(C(=O)c2sc3cc(O)ccc3c2-c2ccc(OCCN3CC[C@@H](C)C3)cc2)c(C)c1.Cc1cc(F)cc(C)c1C(=O)c1sc2cc(O)ccc2c1-c1ccc(OCCN2CC[C@@H](C)C2)cc1.Cc1cccc(C)c1C(=O)c1sc2cc(O)ccc2c1-c1ccc(OCCN2CC[C@@H](C)C2)cc1. The van der Waals surface area contributed by atoms with Gasteiger partial charge >= 0.3 is 0 Å². The lowest BCUT2D eigenvalue weighted by atomic mass is 9.92. The molecule has 4 atom stereocenters. The highest BCUT2D eigenvalue weighted by molar-refractivity contribution is 7.23. The second-order valence-corrected chi connectivity index (χ2v) is 43.2. The monoisotopic (exact) mass is 1970 g/mol. The van der Waals surface area contributed by atoms with E-state index in [4.69, 9.17) is 18.9 Å². The summed E-state index contributed by atoms with van der Waals surface area (Å²) in [5, 5.41) is 44.1. The highest BCUT2D eigenvalue weighted by Crippen LogP contribution is 2.48. The molecule has 4 aromatic heterocycles. The van der Waals surface area contributed by atoms with E-state index in [0.717, 1.165) is 267 Å². The first kappa shape index (κ1) is 101. The second kappa shape index (κ2) is 45.3. The first-order valence-electron chi connectivity index (χ1n) is 49.6. The molecule has 4 N–H and O–H groups in total. The van der Waals surface area contributed by atoms with Gasteiger partial charge < -0.3 is 39.4 Å². The maximum Gasteiger partial charge on any atom is 0.204 e. The van der Waals surface area contributed by atoms with Crippen molar-refractivity contribution < 1.29 is 62.9 Å². The Kier molecular flexibility index (Phi) is 32.2. The Morgan fingerprint density at radius 2 is 0.592 bits per heavy atom. The lowest BCUT2D eigenvalue weighted by Crippen LogP contribution is -2.25. The normalized spacial score (nSPS) is 16.1. The van der Waals surface area contributed by atoms with E-state index in [-0.39, 0.29) is 51.9 Å². The zero-order valence-corrected chi connectivity index (χ0v) is 86.3. The van der Waals surface area contributed by atoms with Gasteiger partial charge in [0.1, 0.15) is 78.2 Å². The number of phenols is 4. The van der Waals surface area contributed by atoms with Crippen LogP contribution in [-0.2, 0) is 6.42 Å². The average molecular weight is 1970 g/mol. The van der Waals surface area contributed by atoms with Crippen molar-refractivity contribution in [3.8, 4) is 90.5 Å². The number of hydrogen-bond acceptors (Lipinski definition) is 20. The summed E-state index contributed by atoms with van der Waals surface area (Å²) >= 11 is 5.67. The molecule has 0 radical (unpaired) electrons. The van der Waals surface area contributed by atoms with Crippen molar-refractivity contribution in [3.63, 3.8) is 0 Å². The van der Waals surface area contributed by atoms with Crippen molar-refractivity contribution in [3.05, 3.63) is 329 Å². The fourth-order valence-electron chi connectivity index (χ4n) is 20.6. The summed E-state index contributed by atoms with van der Waals surface area (Å²) in [7, 11) is 0. The van der Waals surface area contributed by atoms with Gasteiger partial charge in [-0.1, -0.05) is 143 Å². The zero-order chi connectivity index (χ0) is 99.7. The number of hydrogen-bond donors (Lipinski definition) is 4. The van der Waals surface area contributed by atoms with Gasteiger partial charge in [0, 0.05) is 137 Å². The Morgan fingerprint density at radius 3 is 0.866 bits per heavy atom. The second-order valence-electron chi connectivity index (χ2n) is 39.0. The molecule has 0 aliphatic carbocycles. The number of aryl methyl sites for hydroxylation is 8. The van der Waals surface area contributed by atoms with E-state index in [1.165, 1.54) is 83.2 Å². The van der Waals surface area contributed by atoms with Crippen molar-refractivity contribution in [2.45, 2.75) is 115 Å². The smallest absolute Gasteiger partial charge is 0.204 e. The predicted octanol–water partition coefficient (Wildman–Crippen LogP) is 27.8. The molecule has 20 rings (SSSR count). The minimum Gasteiger partial charge on any atom is -0.508 e. The number of carbonyl (C=O) groups is 4. The van der Waals surface area contributed by atoms with Crippen LogP contribution < -0.4 is 18.9 Å². The van der Waals surface area contributed by atoms with Crippen LogP contribution in [0.15, 0.2) is 237 Å². The van der Waals surface area contributed by atoms with Crippen LogP contribution >= 0.6 is 45.3 Å². The molecule has 4 fully saturated rings. The number of likely N-dealkylation sites (tertiary alicyclic amines) is 4. The summed E-state index contributed by atoms with van der Waals surface area (Å²) in [6.45, 7) is 40.4. The molecule has 0 saturated carbocycles. The zero-order valence-electron chi connectivity index (χ0n) is 83.0. The summed E-state index contributed by atoms with van der Waals surface area (Å²) in [5.41, 5.74) is 17.5. The first-order valence-corrected chi connectivity index (χ1v) is 52.8. The number of fused-ring (bicyclic) bond motifs is 4. The molecule has 0 unspecified atom stereocenters. The Hall–Kier alpha value is -12.7. The van der Waals surface area contributed by atoms with E-state index >= 15 is 0 Å². The Morgan fingerprint density at radius 1 is 0.324 bits per heavy atom. The van der Waals surface area contributed by atoms with E-state index < -0.39 is 0 Å². The van der Waals surface area contributed by atoms with Crippen LogP contribution in [0.3, 0.4) is 0 Å². The topological polar surface area (TPSA) is 199 Å². The first-order chi connectivity index (χ1) is 68.5. The van der Waals surface area contributed by atoms with Crippen molar-refractivity contribution >= 4 is 109 Å². The van der Waals surface area contributed by atoms with Gasteiger partial charge in [0.2, 0.25) is 23.1 Å². The number of benzene rings is 12. The fraction of sp³-hybridized carbons (Fsp3) is 0.306. The highest BCUT2D eigenvalue weighted by atomic mass is 32.1. The van der Waals surface area contributed by atoms with Gasteiger partial charge in [-0.2, -0.15) is 0 Å². The van der Waals surface area contributed by atoms with Gasteiger partial charge in [0.25, 0.3) is 0 Å². The molecule has 0 bridgehead atoms. The minimum atomic E-state index is -0.349. The molecule has 142 heavy (non-hydrogen) atoms. The van der Waals surface area contributed by atoms with Gasteiger partial charge in [0.05, 0.1) is 19.5 Å². The third-order valence-electron chi connectivity index (χ3n) is 27.8. The average Bonchev–Trinajstić information content (AvgIpc) is 1.62. The summed E-state index contributed by atoms with van der Waals surface area (Å²) in [5.74, 6) is 6.73. The van der Waals surface area contributed by atoms with E-state index in [1.807, 2.05) is 191 Å². The summed E-state index contributed by atoms with van der Waals surface area (Å²) in [6, 6.07) is 73.8. The third kappa shape index (κ3) is 23.5. The molecule has 16 aromatic rings. The predicted molar refractivity (Wildman–Crippen MR) is 581 cm³/mol. The number of phenolic OH excluding ortho intramolecular Hbond substituents is 4. The lowest BCUT2D eigenvalue weighted by molar-refractivity contribution is 0.103. The van der Waals surface area contributed by atoms with E-state index in [2.05, 4.69) is 73.3 Å². The number of halogens is 1. The van der Waals surface area contributed by atoms with Crippen molar-refractivity contribution in [1.82, 2.24) is 19.6 Å². The van der Waals surface area contributed by atoms with Crippen molar-refractivity contribution in [1.29, 1.82) is 0 Å². The molecular weight excluding hydrogens is 1850 g/mol. The van der Waals surface area contributed by atoms with Crippen LogP contribution in [-0.4, -0.2) is 168 Å². The summed E-state index contributed by atoms with van der Waals surface area (Å²) in [4.78, 5) is 67.8. The maximum absolute atomic E-state index is 13.9. The molecule has 4 saturated heterocycles. The number of carbonyl (C=O) groups excluding carboxylic acids is 4. The molecule has 8 heterocycles. The lowest BCUT2D eigenvalue weighted by Gasteiger charge is -2.16. The largest absolute Gasteiger partial charge is 0.508 e. The highest BCUT2D eigenvalue weighted by Gasteiger charge is 2.32. The Bertz CT molecular complexity index is 7000. The van der Waals surface area contributed by atoms with Crippen LogP contribution in [0.25, 0.3) is 84.9 Å². The van der Waals surface area contributed by atoms with Gasteiger partial charge in [0.15, 0.2) is 0 Å². The van der Waals surface area contributed by atoms with Gasteiger partial charge in [-0.15, -0.1) is 45.3 Å². The molecule has 0 spiro atoms. The summed E-state index contributed by atoms with van der Waals surface area (Å²) in [6.07, 6.45) is 5.85.